The number of hydrogen-bond acceptors (Lipinski definition) is 2. The van der Waals surface area contributed by atoms with Crippen LogP contribution >= 0.6 is 0 Å². The molecule has 1 aliphatic rings. The number of hydrogen-bond donors (Lipinski definition) is 1. The van der Waals surface area contributed by atoms with Crippen LogP contribution in [-0.4, -0.2) is 36.4 Å². The number of likely N-dealkylation sites (tertiary alicyclic amines) is 1. The molecule has 0 aliphatic carbocycles. The van der Waals surface area contributed by atoms with E-state index in [1.165, 1.54) is 5.71 Å². The summed E-state index contributed by atoms with van der Waals surface area (Å²) >= 11 is 0. The fraction of sp³-hybridized carbons (Fsp3) is 0.471. The number of nitrogens with zero attached hydrogens (tertiary/aromatic N) is 2. The van der Waals surface area contributed by atoms with Gasteiger partial charge in [0.1, 0.15) is 0 Å². The summed E-state index contributed by atoms with van der Waals surface area (Å²) in [5.74, 6) is 0.507. The van der Waals surface area contributed by atoms with Gasteiger partial charge in [-0.15, -0.1) is 0 Å². The fourth-order valence-electron chi connectivity index (χ4n) is 2.99. The second-order valence-corrected chi connectivity index (χ2v) is 6.17. The topological polar surface area (TPSA) is 24.4 Å². The zero-order chi connectivity index (χ0) is 14.6. The molecule has 1 aromatic carbocycles. The minimum atomic E-state index is 0.507. The van der Waals surface area contributed by atoms with E-state index in [-0.39, 0.29) is 0 Å². The van der Waals surface area contributed by atoms with Crippen LogP contribution in [-0.2, 0) is 0 Å². The Morgan fingerprint density at radius 3 is 2.70 bits per heavy atom. The first-order valence-corrected chi connectivity index (χ1v) is 7.38. The van der Waals surface area contributed by atoms with Crippen LogP contribution in [0.15, 0.2) is 48.1 Å². The van der Waals surface area contributed by atoms with Crippen LogP contribution in [0.5, 0.6) is 0 Å². The highest BCUT2D eigenvalue weighted by atomic mass is 15.4. The Kier molecular flexibility index (Phi) is 4.61. The Labute approximate surface area is 122 Å². The average molecular weight is 272 g/mol. The maximum Gasteiger partial charge on any atom is 0.0971 e. The normalized spacial score (nSPS) is 32.0. The third-order valence-electron chi connectivity index (χ3n) is 4.48. The molecule has 3 atom stereocenters. The summed E-state index contributed by atoms with van der Waals surface area (Å²) in [5, 5.41) is 4.64. The van der Waals surface area contributed by atoms with Crippen molar-refractivity contribution < 1.29 is 4.48 Å². The Morgan fingerprint density at radius 1 is 1.35 bits per heavy atom. The zero-order valence-corrected chi connectivity index (χ0v) is 12.8. The maximum atomic E-state index is 4.64. The minimum Gasteiger partial charge on any atom is -0.320 e. The van der Waals surface area contributed by atoms with Gasteiger partial charge in [0, 0.05) is 12.3 Å². The summed E-state index contributed by atoms with van der Waals surface area (Å²) in [6.45, 7) is 10.6. The van der Waals surface area contributed by atoms with Gasteiger partial charge in [0.2, 0.25) is 0 Å². The number of quaternary nitrogens is 1. The van der Waals surface area contributed by atoms with Crippen molar-refractivity contribution in [2.24, 2.45) is 11.0 Å². The Balaban J connectivity index is 2.06. The highest BCUT2D eigenvalue weighted by Crippen LogP contribution is 2.26. The van der Waals surface area contributed by atoms with Gasteiger partial charge in [-0.2, -0.15) is 5.10 Å². The predicted molar refractivity (Wildman–Crippen MR) is 86.9 cm³/mol. The smallest absolute Gasteiger partial charge is 0.0971 e. The van der Waals surface area contributed by atoms with Crippen LogP contribution in [0.3, 0.4) is 0 Å². The van der Waals surface area contributed by atoms with Gasteiger partial charge >= 0.3 is 0 Å². The standard InChI is InChI=1S/C17H26N3/c1-5-11-20(4)13-14(2)17(12-15(20)3)19-18-16-9-7-6-8-10-16/h5-10,14-15,18H,1,11-13H2,2-4H3/q+1/t14-,15+,20-/m1/s1. The molecule has 108 valence electrons. The first-order chi connectivity index (χ1) is 9.55. The van der Waals surface area contributed by atoms with Crippen LogP contribution in [0.25, 0.3) is 0 Å². The van der Waals surface area contributed by atoms with E-state index in [0.717, 1.165) is 29.7 Å². The van der Waals surface area contributed by atoms with Crippen LogP contribution < -0.4 is 5.43 Å². The van der Waals surface area contributed by atoms with Crippen molar-refractivity contribution in [3.63, 3.8) is 0 Å². The van der Waals surface area contributed by atoms with E-state index < -0.39 is 0 Å². The van der Waals surface area contributed by atoms with Crippen molar-refractivity contribution in [1.29, 1.82) is 0 Å². The molecule has 0 spiro atoms. The SMILES string of the molecule is C=CC[N@+]1(C)C[C@@H](C)C(=NNc2ccccc2)C[C@@H]1C. The van der Waals surface area contributed by atoms with Gasteiger partial charge in [0.15, 0.2) is 0 Å². The number of likely N-dealkylation sites (N-methyl/N-ethyl adjacent to an activating group) is 1. The molecule has 1 heterocycles. The molecule has 3 heteroatoms. The Morgan fingerprint density at radius 2 is 2.05 bits per heavy atom. The van der Waals surface area contributed by atoms with Crippen LogP contribution in [0.2, 0.25) is 0 Å². The molecule has 0 saturated carbocycles. The van der Waals surface area contributed by atoms with E-state index in [1.807, 2.05) is 36.4 Å². The van der Waals surface area contributed by atoms with Gasteiger partial charge in [-0.1, -0.05) is 31.7 Å². The molecule has 1 fully saturated rings. The second kappa shape index (κ2) is 6.23. The van der Waals surface area contributed by atoms with E-state index in [9.17, 15) is 0 Å². The van der Waals surface area contributed by atoms with Crippen molar-refractivity contribution in [2.45, 2.75) is 26.3 Å². The van der Waals surface area contributed by atoms with Crippen molar-refractivity contribution in [3.05, 3.63) is 43.0 Å². The average Bonchev–Trinajstić information content (AvgIpc) is 2.43. The Hall–Kier alpha value is -1.61. The van der Waals surface area contributed by atoms with E-state index in [2.05, 4.69) is 38.0 Å². The maximum absolute atomic E-state index is 4.64. The van der Waals surface area contributed by atoms with Crippen LogP contribution in [0, 0.1) is 5.92 Å². The van der Waals surface area contributed by atoms with Crippen LogP contribution in [0.4, 0.5) is 5.69 Å². The van der Waals surface area contributed by atoms with Gasteiger partial charge in [-0.25, -0.2) is 0 Å². The molecular weight excluding hydrogens is 246 g/mol. The second-order valence-electron chi connectivity index (χ2n) is 6.17. The quantitative estimate of drug-likeness (QED) is 0.506. The number of piperidine rings is 1. The van der Waals surface area contributed by atoms with Gasteiger partial charge in [0.05, 0.1) is 37.6 Å². The molecular formula is C17H26N3+. The first kappa shape index (κ1) is 14.8. The molecule has 3 nitrogen and oxygen atoms in total. The monoisotopic (exact) mass is 272 g/mol. The third kappa shape index (κ3) is 3.28. The lowest BCUT2D eigenvalue weighted by Crippen LogP contribution is -2.58. The summed E-state index contributed by atoms with van der Waals surface area (Å²) in [7, 11) is 2.32. The summed E-state index contributed by atoms with van der Waals surface area (Å²) in [6, 6.07) is 10.7. The molecule has 1 aliphatic heterocycles. The fourth-order valence-corrected chi connectivity index (χ4v) is 2.99. The summed E-state index contributed by atoms with van der Waals surface area (Å²) < 4.78 is 1.06. The molecule has 2 rings (SSSR count). The van der Waals surface area contributed by atoms with Gasteiger partial charge in [-0.05, 0) is 25.1 Å². The lowest BCUT2D eigenvalue weighted by Gasteiger charge is -2.45. The molecule has 0 unspecified atom stereocenters. The van der Waals surface area contributed by atoms with Crippen molar-refractivity contribution in [1.82, 2.24) is 0 Å². The van der Waals surface area contributed by atoms with Crippen LogP contribution in [0.1, 0.15) is 20.3 Å². The van der Waals surface area contributed by atoms with Crippen molar-refractivity contribution in [2.75, 3.05) is 25.6 Å². The molecule has 0 bridgehead atoms. The molecule has 20 heavy (non-hydrogen) atoms. The van der Waals surface area contributed by atoms with Crippen molar-refractivity contribution in [3.8, 4) is 0 Å². The van der Waals surface area contributed by atoms with Gasteiger partial charge < -0.3 is 4.48 Å². The highest BCUT2D eigenvalue weighted by Gasteiger charge is 2.38. The number of nitrogens with one attached hydrogen (secondary N) is 1. The highest BCUT2D eigenvalue weighted by molar-refractivity contribution is 5.88. The van der Waals surface area contributed by atoms with E-state index in [1.54, 1.807) is 0 Å². The number of hydrazone groups is 1. The predicted octanol–water partition coefficient (Wildman–Crippen LogP) is 3.52. The molecule has 1 aromatic rings. The number of anilines is 1. The minimum absolute atomic E-state index is 0.507. The van der Waals surface area contributed by atoms with E-state index in [4.69, 9.17) is 0 Å². The largest absolute Gasteiger partial charge is 0.320 e. The zero-order valence-electron chi connectivity index (χ0n) is 12.8. The molecule has 1 saturated heterocycles. The third-order valence-corrected chi connectivity index (χ3v) is 4.48. The first-order valence-electron chi connectivity index (χ1n) is 7.38. The van der Waals surface area contributed by atoms with Gasteiger partial charge in [0.25, 0.3) is 0 Å². The molecule has 1 N–H and O–H groups in total. The number of para-hydroxylation sites is 1. The molecule has 0 aromatic heterocycles. The summed E-state index contributed by atoms with van der Waals surface area (Å²) in [5.41, 5.74) is 5.51. The van der Waals surface area contributed by atoms with Gasteiger partial charge in [-0.3, -0.25) is 5.43 Å². The summed E-state index contributed by atoms with van der Waals surface area (Å²) in [6.07, 6.45) is 3.08. The molecule has 0 amide bonds. The lowest BCUT2D eigenvalue weighted by atomic mass is 9.90. The molecule has 0 radical (unpaired) electrons. The van der Waals surface area contributed by atoms with Crippen molar-refractivity contribution >= 4 is 11.4 Å². The number of benzene rings is 1. The lowest BCUT2D eigenvalue weighted by molar-refractivity contribution is -0.930. The number of rotatable bonds is 4. The summed E-state index contributed by atoms with van der Waals surface area (Å²) in [4.78, 5) is 0. The van der Waals surface area contributed by atoms with E-state index in [0.29, 0.717) is 12.0 Å². The van der Waals surface area contributed by atoms with E-state index >= 15 is 0 Å². The Bertz CT molecular complexity index is 480.